The summed E-state index contributed by atoms with van der Waals surface area (Å²) in [7, 11) is 0. The lowest BCUT2D eigenvalue weighted by atomic mass is 10.1. The maximum atomic E-state index is 13.5. The maximum absolute atomic E-state index is 13.5. The van der Waals surface area contributed by atoms with Crippen molar-refractivity contribution in [2.75, 3.05) is 13.2 Å². The Kier molecular flexibility index (Phi) is 8.53. The third-order valence-electron chi connectivity index (χ3n) is 6.01. The minimum atomic E-state index is -0.244. The van der Waals surface area contributed by atoms with Gasteiger partial charge in [0.15, 0.2) is 5.75 Å². The molecule has 4 aromatic carbocycles. The van der Waals surface area contributed by atoms with Crippen LogP contribution in [0.5, 0.6) is 23.0 Å². The Morgan fingerprint density at radius 3 is 2.20 bits per heavy atom. The molecule has 6 nitrogen and oxygen atoms in total. The first-order valence-electron chi connectivity index (χ1n) is 12.7. The fourth-order valence-electron chi connectivity index (χ4n) is 3.99. The van der Waals surface area contributed by atoms with E-state index in [1.807, 2.05) is 66.7 Å². The topological polar surface area (TPSA) is 73.9 Å². The van der Waals surface area contributed by atoms with Crippen molar-refractivity contribution >= 4 is 33.1 Å². The van der Waals surface area contributed by atoms with Crippen molar-refractivity contribution in [1.29, 1.82) is 0 Å². The molecule has 0 saturated carbocycles. The van der Waals surface area contributed by atoms with E-state index in [0.717, 1.165) is 15.6 Å². The molecule has 0 aliphatic rings. The number of benzene rings is 4. The molecule has 1 heterocycles. The highest BCUT2D eigenvalue weighted by molar-refractivity contribution is 7.21. The number of fused-ring (bicyclic) bond motifs is 1. The molecule has 0 bridgehead atoms. The summed E-state index contributed by atoms with van der Waals surface area (Å²) < 4.78 is 18.9. The predicted octanol–water partition coefficient (Wildman–Crippen LogP) is 7.18. The van der Waals surface area contributed by atoms with E-state index in [2.05, 4.69) is 11.9 Å². The van der Waals surface area contributed by atoms with Crippen LogP contribution in [0.1, 0.15) is 20.8 Å². The molecule has 1 N–H and O–H groups in total. The fraction of sp³-hybridized carbons (Fsp3) is 0.0909. The predicted molar refractivity (Wildman–Crippen MR) is 158 cm³/mol. The van der Waals surface area contributed by atoms with Crippen molar-refractivity contribution < 1.29 is 23.8 Å². The van der Waals surface area contributed by atoms with Crippen LogP contribution in [0.2, 0.25) is 0 Å². The molecule has 0 spiro atoms. The highest BCUT2D eigenvalue weighted by Crippen LogP contribution is 2.43. The average molecular weight is 550 g/mol. The van der Waals surface area contributed by atoms with E-state index in [0.29, 0.717) is 53.2 Å². The number of rotatable bonds is 12. The van der Waals surface area contributed by atoms with Gasteiger partial charge in [-0.05, 0) is 54.1 Å². The zero-order chi connectivity index (χ0) is 27.7. The van der Waals surface area contributed by atoms with Crippen LogP contribution < -0.4 is 19.5 Å². The third-order valence-corrected chi connectivity index (χ3v) is 7.14. The molecule has 0 unspecified atom stereocenters. The summed E-state index contributed by atoms with van der Waals surface area (Å²) >= 11 is 1.38. The maximum Gasteiger partial charge on any atom is 0.243 e. The number of hydrogen-bond acceptors (Lipinski definition) is 6. The van der Waals surface area contributed by atoms with Crippen LogP contribution in [0.4, 0.5) is 0 Å². The molecular weight excluding hydrogens is 522 g/mol. The van der Waals surface area contributed by atoms with E-state index in [1.54, 1.807) is 36.4 Å². The van der Waals surface area contributed by atoms with E-state index in [-0.39, 0.29) is 11.7 Å². The molecule has 7 heteroatoms. The minimum Gasteiger partial charge on any atom is -0.492 e. The highest BCUT2D eigenvalue weighted by Gasteiger charge is 2.22. The molecule has 0 fully saturated rings. The summed E-state index contributed by atoms with van der Waals surface area (Å²) in [6.07, 6.45) is 1.22. The van der Waals surface area contributed by atoms with Gasteiger partial charge in [0.1, 0.15) is 35.3 Å². The van der Waals surface area contributed by atoms with E-state index >= 15 is 0 Å². The molecule has 1 amide bonds. The Hall–Kier alpha value is -4.88. The number of ketones is 1. The standard InChI is InChI=1S/C33H27NO5S/c1-2-30(35)34-19-20-37-25-13-15-26(16-14-25)39-32-28-18-17-27(38-22-23-9-5-3-6-10-23)21-29(28)40-33(32)31(36)24-11-7-4-8-12-24/h2-18,21H,1,19-20,22H2,(H,34,35). The van der Waals surface area contributed by atoms with Gasteiger partial charge in [-0.25, -0.2) is 0 Å². The van der Waals surface area contributed by atoms with Crippen LogP contribution in [0.3, 0.4) is 0 Å². The van der Waals surface area contributed by atoms with E-state index < -0.39 is 0 Å². The molecular formula is C33H27NO5S. The first kappa shape index (κ1) is 26.7. The summed E-state index contributed by atoms with van der Waals surface area (Å²) in [5, 5.41) is 3.49. The van der Waals surface area contributed by atoms with Crippen molar-refractivity contribution in [2.24, 2.45) is 0 Å². The molecule has 0 saturated heterocycles. The number of nitrogens with one attached hydrogen (secondary N) is 1. The Morgan fingerprint density at radius 2 is 1.48 bits per heavy atom. The van der Waals surface area contributed by atoms with Crippen LogP contribution in [-0.4, -0.2) is 24.8 Å². The minimum absolute atomic E-state index is 0.106. The summed E-state index contributed by atoms with van der Waals surface area (Å²) in [4.78, 5) is 25.3. The summed E-state index contributed by atoms with van der Waals surface area (Å²) in [5.41, 5.74) is 1.67. The number of ether oxygens (including phenoxy) is 3. The van der Waals surface area contributed by atoms with Crippen LogP contribution in [-0.2, 0) is 11.4 Å². The second-order valence-corrected chi connectivity index (χ2v) is 9.86. The molecule has 0 aliphatic heterocycles. The quantitative estimate of drug-likeness (QED) is 0.101. The van der Waals surface area contributed by atoms with Gasteiger partial charge < -0.3 is 19.5 Å². The van der Waals surface area contributed by atoms with Crippen molar-refractivity contribution in [3.8, 4) is 23.0 Å². The van der Waals surface area contributed by atoms with Crippen LogP contribution in [0, 0.1) is 0 Å². The lowest BCUT2D eigenvalue weighted by Crippen LogP contribution is -2.26. The number of carbonyl (C=O) groups is 2. The number of amides is 1. The Morgan fingerprint density at radius 1 is 0.800 bits per heavy atom. The molecule has 0 aliphatic carbocycles. The fourth-order valence-corrected chi connectivity index (χ4v) is 5.11. The smallest absolute Gasteiger partial charge is 0.243 e. The average Bonchev–Trinajstić information content (AvgIpc) is 3.36. The van der Waals surface area contributed by atoms with E-state index in [9.17, 15) is 9.59 Å². The second kappa shape index (κ2) is 12.8. The number of hydrogen-bond donors (Lipinski definition) is 1. The number of carbonyl (C=O) groups excluding carboxylic acids is 2. The Balaban J connectivity index is 1.38. The first-order chi connectivity index (χ1) is 19.6. The second-order valence-electron chi connectivity index (χ2n) is 8.80. The molecule has 5 aromatic rings. The zero-order valence-electron chi connectivity index (χ0n) is 21.7. The molecule has 0 radical (unpaired) electrons. The Bertz CT molecular complexity index is 1610. The van der Waals surface area contributed by atoms with Crippen molar-refractivity contribution in [2.45, 2.75) is 6.61 Å². The lowest BCUT2D eigenvalue weighted by Gasteiger charge is -2.10. The van der Waals surface area contributed by atoms with Crippen molar-refractivity contribution in [3.63, 3.8) is 0 Å². The summed E-state index contributed by atoms with van der Waals surface area (Å²) in [6, 6.07) is 32.1. The first-order valence-corrected chi connectivity index (χ1v) is 13.6. The lowest BCUT2D eigenvalue weighted by molar-refractivity contribution is -0.116. The van der Waals surface area contributed by atoms with Gasteiger partial charge in [0.05, 0.1) is 6.54 Å². The van der Waals surface area contributed by atoms with Crippen molar-refractivity contribution in [1.82, 2.24) is 5.32 Å². The van der Waals surface area contributed by atoms with Crippen LogP contribution in [0.15, 0.2) is 116 Å². The van der Waals surface area contributed by atoms with Crippen molar-refractivity contribution in [3.05, 3.63) is 132 Å². The van der Waals surface area contributed by atoms with Gasteiger partial charge >= 0.3 is 0 Å². The van der Waals surface area contributed by atoms with Gasteiger partial charge in [-0.15, -0.1) is 11.3 Å². The van der Waals surface area contributed by atoms with Crippen LogP contribution >= 0.6 is 11.3 Å². The van der Waals surface area contributed by atoms with Gasteiger partial charge in [-0.2, -0.15) is 0 Å². The van der Waals surface area contributed by atoms with E-state index in [1.165, 1.54) is 17.4 Å². The molecule has 40 heavy (non-hydrogen) atoms. The van der Waals surface area contributed by atoms with Gasteiger partial charge in [-0.3, -0.25) is 9.59 Å². The molecule has 1 aromatic heterocycles. The number of thiophene rings is 1. The molecule has 200 valence electrons. The molecule has 0 atom stereocenters. The normalized spacial score (nSPS) is 10.6. The monoisotopic (exact) mass is 549 g/mol. The summed E-state index contributed by atoms with van der Waals surface area (Å²) in [6.45, 7) is 4.56. The van der Waals surface area contributed by atoms with Gasteiger partial charge in [0.2, 0.25) is 11.7 Å². The van der Waals surface area contributed by atoms with Gasteiger partial charge in [0.25, 0.3) is 0 Å². The summed E-state index contributed by atoms with van der Waals surface area (Å²) in [5.74, 6) is 2.07. The molecule has 5 rings (SSSR count). The van der Waals surface area contributed by atoms with E-state index in [4.69, 9.17) is 14.2 Å². The largest absolute Gasteiger partial charge is 0.492 e. The SMILES string of the molecule is C=CC(=O)NCCOc1ccc(Oc2c(C(=O)c3ccccc3)sc3cc(OCc4ccccc4)ccc23)cc1. The van der Waals surface area contributed by atoms with Gasteiger partial charge in [0, 0.05) is 15.6 Å². The third kappa shape index (κ3) is 6.57. The van der Waals surface area contributed by atoms with Crippen LogP contribution in [0.25, 0.3) is 10.1 Å². The Labute approximate surface area is 236 Å². The zero-order valence-corrected chi connectivity index (χ0v) is 22.5. The highest BCUT2D eigenvalue weighted by atomic mass is 32.1. The van der Waals surface area contributed by atoms with Gasteiger partial charge in [-0.1, -0.05) is 67.2 Å².